The summed E-state index contributed by atoms with van der Waals surface area (Å²) in [7, 11) is -3.52. The van der Waals surface area contributed by atoms with E-state index in [0.717, 1.165) is 0 Å². The summed E-state index contributed by atoms with van der Waals surface area (Å²) in [6.07, 6.45) is 0.438. The van der Waals surface area contributed by atoms with Gasteiger partial charge in [0.15, 0.2) is 0 Å². The molecule has 0 aliphatic heterocycles. The van der Waals surface area contributed by atoms with Crippen molar-refractivity contribution < 1.29 is 18.0 Å². The van der Waals surface area contributed by atoms with Gasteiger partial charge in [-0.1, -0.05) is 6.92 Å². The summed E-state index contributed by atoms with van der Waals surface area (Å²) >= 11 is 0. The van der Waals surface area contributed by atoms with Crippen molar-refractivity contribution in [3.05, 3.63) is 29.3 Å². The number of amides is 2. The van der Waals surface area contributed by atoms with Crippen molar-refractivity contribution in [1.82, 2.24) is 0 Å². The molecule has 1 aromatic carbocycles. The van der Waals surface area contributed by atoms with Crippen molar-refractivity contribution in [3.63, 3.8) is 0 Å². The first-order chi connectivity index (χ1) is 8.75. The van der Waals surface area contributed by atoms with Crippen molar-refractivity contribution in [1.29, 1.82) is 0 Å². The number of hydrogen-bond acceptors (Lipinski definition) is 4. The lowest BCUT2D eigenvalue weighted by atomic mass is 10.1. The number of benzene rings is 1. The molecule has 0 unspecified atom stereocenters. The van der Waals surface area contributed by atoms with Crippen LogP contribution in [-0.4, -0.2) is 26.0 Å². The van der Waals surface area contributed by atoms with E-state index in [0.29, 0.717) is 6.42 Å². The largest absolute Gasteiger partial charge is 0.366 e. The first kappa shape index (κ1) is 15.0. The molecule has 19 heavy (non-hydrogen) atoms. The van der Waals surface area contributed by atoms with E-state index >= 15 is 0 Å². The zero-order valence-corrected chi connectivity index (χ0v) is 11.2. The van der Waals surface area contributed by atoms with E-state index in [1.807, 2.05) is 0 Å². The van der Waals surface area contributed by atoms with Gasteiger partial charge in [-0.05, 0) is 24.6 Å². The molecule has 0 saturated heterocycles. The van der Waals surface area contributed by atoms with Gasteiger partial charge in [0.25, 0.3) is 0 Å². The fourth-order valence-electron chi connectivity index (χ4n) is 1.47. The van der Waals surface area contributed by atoms with Crippen LogP contribution in [0.4, 0.5) is 5.69 Å². The second-order valence-corrected chi connectivity index (χ2v) is 5.79. The summed E-state index contributed by atoms with van der Waals surface area (Å²) in [6.45, 7) is 1.72. The van der Waals surface area contributed by atoms with Crippen LogP contribution in [0.5, 0.6) is 0 Å². The highest BCUT2D eigenvalue weighted by molar-refractivity contribution is 7.92. The number of primary amides is 2. The van der Waals surface area contributed by atoms with Crippen molar-refractivity contribution in [3.8, 4) is 0 Å². The summed E-state index contributed by atoms with van der Waals surface area (Å²) < 4.78 is 25.5. The smallest absolute Gasteiger partial charge is 0.248 e. The van der Waals surface area contributed by atoms with E-state index in [4.69, 9.17) is 11.5 Å². The van der Waals surface area contributed by atoms with E-state index in [-0.39, 0.29) is 22.6 Å². The number of nitrogens with one attached hydrogen (secondary N) is 1. The van der Waals surface area contributed by atoms with Gasteiger partial charge >= 0.3 is 0 Å². The van der Waals surface area contributed by atoms with Crippen LogP contribution >= 0.6 is 0 Å². The average Bonchev–Trinajstić information content (AvgIpc) is 2.27. The molecule has 0 fully saturated rings. The van der Waals surface area contributed by atoms with Crippen LogP contribution in [0.1, 0.15) is 34.1 Å². The first-order valence-electron chi connectivity index (χ1n) is 5.50. The summed E-state index contributed by atoms with van der Waals surface area (Å²) in [5, 5.41) is 0. The lowest BCUT2D eigenvalue weighted by Crippen LogP contribution is -2.19. The molecule has 0 aromatic heterocycles. The molecule has 0 bridgehead atoms. The predicted molar refractivity (Wildman–Crippen MR) is 71.2 cm³/mol. The van der Waals surface area contributed by atoms with Crippen LogP contribution in [0.2, 0.25) is 0 Å². The van der Waals surface area contributed by atoms with Gasteiger partial charge < -0.3 is 11.5 Å². The van der Waals surface area contributed by atoms with Gasteiger partial charge in [0.05, 0.1) is 11.4 Å². The van der Waals surface area contributed by atoms with Crippen LogP contribution < -0.4 is 16.2 Å². The molecule has 0 spiro atoms. The van der Waals surface area contributed by atoms with Gasteiger partial charge in [-0.25, -0.2) is 8.42 Å². The Morgan fingerprint density at radius 3 is 1.95 bits per heavy atom. The number of hydrogen-bond donors (Lipinski definition) is 3. The predicted octanol–water partition coefficient (Wildman–Crippen LogP) is 0.0361. The van der Waals surface area contributed by atoms with Crippen LogP contribution in [-0.2, 0) is 10.0 Å². The average molecular weight is 285 g/mol. The Hall–Kier alpha value is -2.09. The molecule has 0 aliphatic carbocycles. The minimum atomic E-state index is -3.52. The monoisotopic (exact) mass is 285 g/mol. The van der Waals surface area contributed by atoms with E-state index < -0.39 is 21.8 Å². The third kappa shape index (κ3) is 4.25. The Bertz CT molecular complexity index is 578. The van der Waals surface area contributed by atoms with Gasteiger partial charge in [0, 0.05) is 11.1 Å². The molecule has 104 valence electrons. The number of rotatable bonds is 6. The summed E-state index contributed by atoms with van der Waals surface area (Å²) in [5.41, 5.74) is 10.3. The van der Waals surface area contributed by atoms with Crippen molar-refractivity contribution in [2.45, 2.75) is 13.3 Å². The van der Waals surface area contributed by atoms with Gasteiger partial charge in [-0.2, -0.15) is 0 Å². The Morgan fingerprint density at radius 1 is 1.11 bits per heavy atom. The van der Waals surface area contributed by atoms with E-state index in [1.165, 1.54) is 18.2 Å². The third-order valence-corrected chi connectivity index (χ3v) is 3.74. The van der Waals surface area contributed by atoms with Gasteiger partial charge in [-0.15, -0.1) is 0 Å². The van der Waals surface area contributed by atoms with Crippen LogP contribution in [0.3, 0.4) is 0 Å². The van der Waals surface area contributed by atoms with Gasteiger partial charge in [0.1, 0.15) is 0 Å². The van der Waals surface area contributed by atoms with Crippen molar-refractivity contribution in [2.75, 3.05) is 10.5 Å². The highest BCUT2D eigenvalue weighted by Crippen LogP contribution is 2.16. The fourth-order valence-corrected chi connectivity index (χ4v) is 2.59. The lowest BCUT2D eigenvalue weighted by molar-refractivity contribution is 0.0999. The summed E-state index contributed by atoms with van der Waals surface area (Å²) in [5.74, 6) is -1.63. The number of nitrogens with two attached hydrogens (primary N) is 2. The molecule has 5 N–H and O–H groups in total. The van der Waals surface area contributed by atoms with Gasteiger partial charge in [0.2, 0.25) is 21.8 Å². The number of carbonyl (C=O) groups is 2. The molecule has 0 radical (unpaired) electrons. The van der Waals surface area contributed by atoms with Crippen LogP contribution in [0.25, 0.3) is 0 Å². The summed E-state index contributed by atoms with van der Waals surface area (Å²) in [6, 6.07) is 3.71. The molecule has 1 rings (SSSR count). The molecule has 0 aliphatic rings. The molecule has 0 heterocycles. The number of anilines is 1. The topological polar surface area (TPSA) is 132 Å². The van der Waals surface area contributed by atoms with E-state index in [9.17, 15) is 18.0 Å². The highest BCUT2D eigenvalue weighted by atomic mass is 32.2. The second-order valence-electron chi connectivity index (χ2n) is 3.95. The standard InChI is InChI=1S/C11H15N3O4S/c1-2-3-19(17,18)14-9-5-7(10(12)15)4-8(6-9)11(13)16/h4-6,14H,2-3H2,1H3,(H2,12,15)(H2,13,16). The zero-order chi connectivity index (χ0) is 14.6. The maximum absolute atomic E-state index is 11.6. The zero-order valence-electron chi connectivity index (χ0n) is 10.3. The normalized spacial score (nSPS) is 11.0. The Morgan fingerprint density at radius 2 is 1.58 bits per heavy atom. The molecule has 1 aromatic rings. The quantitative estimate of drug-likeness (QED) is 0.680. The Balaban J connectivity index is 3.21. The highest BCUT2D eigenvalue weighted by Gasteiger charge is 2.13. The molecule has 7 nitrogen and oxygen atoms in total. The Labute approximate surface area is 111 Å². The first-order valence-corrected chi connectivity index (χ1v) is 7.15. The maximum atomic E-state index is 11.6. The molecular formula is C11H15N3O4S. The minimum Gasteiger partial charge on any atom is -0.366 e. The van der Waals surface area contributed by atoms with Crippen molar-refractivity contribution in [2.24, 2.45) is 11.5 Å². The molecule has 0 saturated carbocycles. The fraction of sp³-hybridized carbons (Fsp3) is 0.273. The molecular weight excluding hydrogens is 270 g/mol. The third-order valence-electron chi connectivity index (χ3n) is 2.25. The van der Waals surface area contributed by atoms with Gasteiger partial charge in [-0.3, -0.25) is 14.3 Å². The number of carbonyl (C=O) groups excluding carboxylic acids is 2. The second kappa shape index (κ2) is 5.70. The maximum Gasteiger partial charge on any atom is 0.248 e. The molecule has 8 heteroatoms. The van der Waals surface area contributed by atoms with Crippen molar-refractivity contribution >= 4 is 27.5 Å². The van der Waals surface area contributed by atoms with Crippen LogP contribution in [0, 0.1) is 0 Å². The van der Waals surface area contributed by atoms with Crippen LogP contribution in [0.15, 0.2) is 18.2 Å². The molecule has 2 amide bonds. The number of sulfonamides is 1. The lowest BCUT2D eigenvalue weighted by Gasteiger charge is -2.09. The SMILES string of the molecule is CCCS(=O)(=O)Nc1cc(C(N)=O)cc(C(N)=O)c1. The molecule has 0 atom stereocenters. The van der Waals surface area contributed by atoms with E-state index in [1.54, 1.807) is 6.92 Å². The Kier molecular flexibility index (Phi) is 4.49. The summed E-state index contributed by atoms with van der Waals surface area (Å²) in [4.78, 5) is 22.2. The van der Waals surface area contributed by atoms with E-state index in [2.05, 4.69) is 4.72 Å². The minimum absolute atomic E-state index is 0.00509.